The van der Waals surface area contributed by atoms with Crippen LogP contribution in [-0.4, -0.2) is 37.1 Å². The summed E-state index contributed by atoms with van der Waals surface area (Å²) >= 11 is 0. The van der Waals surface area contributed by atoms with E-state index in [1.165, 1.54) is 0 Å². The first-order chi connectivity index (χ1) is 6.72. The van der Waals surface area contributed by atoms with Crippen LogP contribution >= 0.6 is 0 Å². The molecule has 0 fully saturated rings. The van der Waals surface area contributed by atoms with Gasteiger partial charge < -0.3 is 5.32 Å². The Kier molecular flexibility index (Phi) is 4.56. The molecule has 1 aromatic heterocycles. The van der Waals surface area contributed by atoms with Crippen LogP contribution in [-0.2, 0) is 6.54 Å². The van der Waals surface area contributed by atoms with Crippen LogP contribution in [0.25, 0.3) is 0 Å². The normalized spacial score (nSPS) is 10.9. The number of pyridine rings is 1. The van der Waals surface area contributed by atoms with Crippen molar-refractivity contribution in [3.8, 4) is 0 Å². The average molecular weight is 193 g/mol. The molecule has 0 unspecified atom stereocenters. The van der Waals surface area contributed by atoms with E-state index < -0.39 is 0 Å². The molecule has 1 heterocycles. The Bertz CT molecular complexity index is 273. The van der Waals surface area contributed by atoms with Crippen LogP contribution in [0.3, 0.4) is 0 Å². The van der Waals surface area contributed by atoms with E-state index in [1.807, 2.05) is 20.0 Å². The van der Waals surface area contributed by atoms with Gasteiger partial charge in [0, 0.05) is 25.3 Å². The van der Waals surface area contributed by atoms with Crippen molar-refractivity contribution in [2.75, 3.05) is 27.2 Å². The first-order valence-electron chi connectivity index (χ1n) is 4.98. The summed E-state index contributed by atoms with van der Waals surface area (Å²) in [6.45, 7) is 5.01. The van der Waals surface area contributed by atoms with Crippen LogP contribution < -0.4 is 5.32 Å². The van der Waals surface area contributed by atoms with E-state index in [0.29, 0.717) is 0 Å². The second-order valence-corrected chi connectivity index (χ2v) is 3.61. The second kappa shape index (κ2) is 5.73. The minimum Gasteiger partial charge on any atom is -0.318 e. The van der Waals surface area contributed by atoms with Crippen LogP contribution in [0.1, 0.15) is 11.4 Å². The number of rotatable bonds is 5. The van der Waals surface area contributed by atoms with E-state index in [9.17, 15) is 0 Å². The highest BCUT2D eigenvalue weighted by Gasteiger charge is 2.00. The molecule has 1 aromatic rings. The van der Waals surface area contributed by atoms with E-state index >= 15 is 0 Å². The lowest BCUT2D eigenvalue weighted by Crippen LogP contribution is -2.27. The molecule has 0 atom stereocenters. The third kappa shape index (κ3) is 3.85. The summed E-state index contributed by atoms with van der Waals surface area (Å²) in [6.07, 6.45) is 0. The molecule has 0 aliphatic carbocycles. The number of aryl methyl sites for hydroxylation is 1. The lowest BCUT2D eigenvalue weighted by Gasteiger charge is -2.15. The highest BCUT2D eigenvalue weighted by molar-refractivity contribution is 5.09. The van der Waals surface area contributed by atoms with E-state index in [0.717, 1.165) is 31.0 Å². The molecule has 78 valence electrons. The Hall–Kier alpha value is -0.930. The zero-order chi connectivity index (χ0) is 10.4. The summed E-state index contributed by atoms with van der Waals surface area (Å²) in [5.74, 6) is 0. The van der Waals surface area contributed by atoms with E-state index in [2.05, 4.69) is 34.4 Å². The van der Waals surface area contributed by atoms with Gasteiger partial charge in [-0.25, -0.2) is 0 Å². The van der Waals surface area contributed by atoms with Gasteiger partial charge >= 0.3 is 0 Å². The van der Waals surface area contributed by atoms with Gasteiger partial charge in [0.15, 0.2) is 0 Å². The van der Waals surface area contributed by atoms with Gasteiger partial charge in [0.2, 0.25) is 0 Å². The average Bonchev–Trinajstić information content (AvgIpc) is 2.15. The van der Waals surface area contributed by atoms with E-state index in [4.69, 9.17) is 0 Å². The van der Waals surface area contributed by atoms with Gasteiger partial charge in [0.1, 0.15) is 0 Å². The monoisotopic (exact) mass is 193 g/mol. The minimum atomic E-state index is 0.920. The minimum absolute atomic E-state index is 0.920. The molecule has 0 aromatic carbocycles. The zero-order valence-electron chi connectivity index (χ0n) is 9.25. The first-order valence-corrected chi connectivity index (χ1v) is 4.98. The van der Waals surface area contributed by atoms with Crippen molar-refractivity contribution in [2.24, 2.45) is 0 Å². The molecule has 3 heteroatoms. The van der Waals surface area contributed by atoms with Crippen molar-refractivity contribution >= 4 is 0 Å². The SMILES string of the molecule is CNCCN(C)Cc1cccc(C)n1. The molecule has 0 aliphatic rings. The number of hydrogen-bond donors (Lipinski definition) is 1. The molecule has 0 amide bonds. The first kappa shape index (κ1) is 11.1. The van der Waals surface area contributed by atoms with Crippen molar-refractivity contribution in [3.63, 3.8) is 0 Å². The van der Waals surface area contributed by atoms with Crippen LogP contribution in [0.15, 0.2) is 18.2 Å². The Morgan fingerprint density at radius 1 is 1.43 bits per heavy atom. The summed E-state index contributed by atoms with van der Waals surface area (Å²) in [6, 6.07) is 6.16. The molecule has 0 spiro atoms. The zero-order valence-corrected chi connectivity index (χ0v) is 9.25. The molecule has 1 N–H and O–H groups in total. The van der Waals surface area contributed by atoms with Crippen LogP contribution in [0, 0.1) is 6.92 Å². The lowest BCUT2D eigenvalue weighted by atomic mass is 10.3. The van der Waals surface area contributed by atoms with Crippen molar-refractivity contribution < 1.29 is 0 Å². The summed E-state index contributed by atoms with van der Waals surface area (Å²) in [4.78, 5) is 6.72. The van der Waals surface area contributed by atoms with Gasteiger partial charge in [-0.15, -0.1) is 0 Å². The molecule has 0 saturated heterocycles. The highest BCUT2D eigenvalue weighted by Crippen LogP contribution is 2.00. The highest BCUT2D eigenvalue weighted by atomic mass is 15.1. The summed E-state index contributed by atoms with van der Waals surface area (Å²) in [7, 11) is 4.08. The smallest absolute Gasteiger partial charge is 0.0547 e. The molecule has 14 heavy (non-hydrogen) atoms. The summed E-state index contributed by atoms with van der Waals surface area (Å²) in [5.41, 5.74) is 2.23. The van der Waals surface area contributed by atoms with Crippen molar-refractivity contribution in [1.29, 1.82) is 0 Å². The van der Waals surface area contributed by atoms with Gasteiger partial charge in [-0.05, 0) is 33.2 Å². The molecule has 3 nitrogen and oxygen atoms in total. The fraction of sp³-hybridized carbons (Fsp3) is 0.545. The third-order valence-electron chi connectivity index (χ3n) is 2.12. The third-order valence-corrected chi connectivity index (χ3v) is 2.12. The van der Waals surface area contributed by atoms with Gasteiger partial charge in [0.25, 0.3) is 0 Å². The number of nitrogens with zero attached hydrogens (tertiary/aromatic N) is 2. The number of nitrogens with one attached hydrogen (secondary N) is 1. The van der Waals surface area contributed by atoms with E-state index in [1.54, 1.807) is 0 Å². The van der Waals surface area contributed by atoms with Gasteiger partial charge in [-0.3, -0.25) is 9.88 Å². The van der Waals surface area contributed by atoms with Crippen molar-refractivity contribution in [3.05, 3.63) is 29.6 Å². The van der Waals surface area contributed by atoms with Crippen molar-refractivity contribution in [2.45, 2.75) is 13.5 Å². The molecule has 0 aliphatic heterocycles. The molecule has 1 rings (SSSR count). The van der Waals surface area contributed by atoms with Crippen molar-refractivity contribution in [1.82, 2.24) is 15.2 Å². The quantitative estimate of drug-likeness (QED) is 0.757. The molecule has 0 bridgehead atoms. The maximum Gasteiger partial charge on any atom is 0.0547 e. The fourth-order valence-corrected chi connectivity index (χ4v) is 1.35. The van der Waals surface area contributed by atoms with Gasteiger partial charge in [-0.2, -0.15) is 0 Å². The van der Waals surface area contributed by atoms with Crippen LogP contribution in [0.2, 0.25) is 0 Å². The standard InChI is InChI=1S/C11H19N3/c1-10-5-4-6-11(13-10)9-14(3)8-7-12-2/h4-6,12H,7-9H2,1-3H3. The Labute approximate surface area is 86.2 Å². The summed E-state index contributed by atoms with van der Waals surface area (Å²) in [5, 5.41) is 3.13. The second-order valence-electron chi connectivity index (χ2n) is 3.61. The van der Waals surface area contributed by atoms with Gasteiger partial charge in [-0.1, -0.05) is 6.07 Å². The maximum absolute atomic E-state index is 4.46. The van der Waals surface area contributed by atoms with E-state index in [-0.39, 0.29) is 0 Å². The number of likely N-dealkylation sites (N-methyl/N-ethyl adjacent to an activating group) is 2. The Morgan fingerprint density at radius 2 is 2.21 bits per heavy atom. The van der Waals surface area contributed by atoms with Gasteiger partial charge in [0.05, 0.1) is 5.69 Å². The number of aromatic nitrogens is 1. The van der Waals surface area contributed by atoms with Crippen LogP contribution in [0.4, 0.5) is 0 Å². The molecular formula is C11H19N3. The Balaban J connectivity index is 2.43. The predicted octanol–water partition coefficient (Wildman–Crippen LogP) is 1.04. The molecule has 0 radical (unpaired) electrons. The fourth-order valence-electron chi connectivity index (χ4n) is 1.35. The largest absolute Gasteiger partial charge is 0.318 e. The van der Waals surface area contributed by atoms with Crippen LogP contribution in [0.5, 0.6) is 0 Å². The molecular weight excluding hydrogens is 174 g/mol. The number of hydrogen-bond acceptors (Lipinski definition) is 3. The summed E-state index contributed by atoms with van der Waals surface area (Å²) < 4.78 is 0. The maximum atomic E-state index is 4.46. The molecule has 0 saturated carbocycles. The Morgan fingerprint density at radius 3 is 2.86 bits per heavy atom. The lowest BCUT2D eigenvalue weighted by molar-refractivity contribution is 0.324. The predicted molar refractivity (Wildman–Crippen MR) is 59.2 cm³/mol. The topological polar surface area (TPSA) is 28.2 Å².